The van der Waals surface area contributed by atoms with Crippen LogP contribution in [0.5, 0.6) is 0 Å². The highest BCUT2D eigenvalue weighted by Crippen LogP contribution is 2.21. The van der Waals surface area contributed by atoms with Crippen LogP contribution in [0.2, 0.25) is 0 Å². The molecule has 3 nitrogen and oxygen atoms in total. The van der Waals surface area contributed by atoms with Crippen LogP contribution in [0.4, 0.5) is 5.95 Å². The number of hydrogen-bond acceptors (Lipinski definition) is 1. The molecule has 0 aliphatic carbocycles. The Morgan fingerprint density at radius 2 is 1.76 bits per heavy atom. The summed E-state index contributed by atoms with van der Waals surface area (Å²) in [5.41, 5.74) is 2.63. The highest BCUT2D eigenvalue weighted by atomic mass is 15.3. The maximum atomic E-state index is 2.52. The lowest BCUT2D eigenvalue weighted by Gasteiger charge is -2.22. The zero-order valence-corrected chi connectivity index (χ0v) is 10.7. The molecule has 1 aliphatic rings. The summed E-state index contributed by atoms with van der Waals surface area (Å²) >= 11 is 0. The fourth-order valence-corrected chi connectivity index (χ4v) is 2.99. The number of benzene rings is 1. The van der Waals surface area contributed by atoms with E-state index in [9.17, 15) is 0 Å². The van der Waals surface area contributed by atoms with Crippen molar-refractivity contribution < 1.29 is 4.57 Å². The normalized spacial score (nSPS) is 16.7. The van der Waals surface area contributed by atoms with Gasteiger partial charge in [0, 0.05) is 0 Å². The maximum Gasteiger partial charge on any atom is 0.360 e. The summed E-state index contributed by atoms with van der Waals surface area (Å²) in [6.45, 7) is 2.38. The molecule has 1 aromatic carbocycles. The fraction of sp³-hybridized carbons (Fsp3) is 0.500. The molecule has 0 atom stereocenters. The molecule has 3 heteroatoms. The molecule has 17 heavy (non-hydrogen) atoms. The molecule has 90 valence electrons. The van der Waals surface area contributed by atoms with Gasteiger partial charge in [-0.2, -0.15) is 0 Å². The quantitative estimate of drug-likeness (QED) is 0.682. The van der Waals surface area contributed by atoms with E-state index < -0.39 is 0 Å². The number of hydrogen-bond donors (Lipinski definition) is 0. The molecule has 0 bridgehead atoms. The average molecular weight is 230 g/mol. The lowest BCUT2D eigenvalue weighted by atomic mass is 10.1. The highest BCUT2D eigenvalue weighted by Gasteiger charge is 2.26. The van der Waals surface area contributed by atoms with Crippen LogP contribution in [-0.4, -0.2) is 17.7 Å². The van der Waals surface area contributed by atoms with Gasteiger partial charge in [-0.1, -0.05) is 12.1 Å². The molecule has 0 radical (unpaired) electrons. The van der Waals surface area contributed by atoms with E-state index >= 15 is 0 Å². The van der Waals surface area contributed by atoms with E-state index in [1.807, 2.05) is 0 Å². The minimum Gasteiger partial charge on any atom is -0.264 e. The molecule has 1 aliphatic heterocycles. The van der Waals surface area contributed by atoms with E-state index in [0.717, 1.165) is 0 Å². The summed E-state index contributed by atoms with van der Waals surface area (Å²) in [6, 6.07) is 8.62. The molecule has 0 saturated carbocycles. The van der Waals surface area contributed by atoms with Crippen molar-refractivity contribution in [2.75, 3.05) is 18.0 Å². The predicted molar refractivity (Wildman–Crippen MR) is 70.2 cm³/mol. The number of fused-ring (bicyclic) bond motifs is 1. The van der Waals surface area contributed by atoms with Gasteiger partial charge in [0.05, 0.1) is 27.2 Å². The van der Waals surface area contributed by atoms with Gasteiger partial charge < -0.3 is 0 Å². The standard InChI is InChI=1S/C14H20N3/c1-15-12-8-4-5-9-13(12)16(2)14(15)17-10-6-3-7-11-17/h4-5,8-9H,3,6-7,10-11H2,1-2H3/q+1. The third-order valence-corrected chi connectivity index (χ3v) is 3.84. The molecule has 2 heterocycles. The van der Waals surface area contributed by atoms with Crippen molar-refractivity contribution in [1.82, 2.24) is 4.57 Å². The van der Waals surface area contributed by atoms with Crippen molar-refractivity contribution in [2.24, 2.45) is 14.1 Å². The van der Waals surface area contributed by atoms with Gasteiger partial charge in [-0.3, -0.25) is 4.90 Å². The molecule has 0 N–H and O–H groups in total. The first-order chi connectivity index (χ1) is 8.29. The minimum absolute atomic E-state index is 1.19. The van der Waals surface area contributed by atoms with Crippen molar-refractivity contribution in [3.63, 3.8) is 0 Å². The minimum atomic E-state index is 1.19. The molecule has 0 unspecified atom stereocenters. The number of nitrogens with zero attached hydrogens (tertiary/aromatic N) is 3. The van der Waals surface area contributed by atoms with Crippen LogP contribution in [0.1, 0.15) is 19.3 Å². The highest BCUT2D eigenvalue weighted by molar-refractivity contribution is 5.74. The Balaban J connectivity index is 2.15. The van der Waals surface area contributed by atoms with Gasteiger partial charge in [0.15, 0.2) is 0 Å². The first-order valence-electron chi connectivity index (χ1n) is 6.47. The molecular weight excluding hydrogens is 210 g/mol. The van der Waals surface area contributed by atoms with Crippen molar-refractivity contribution in [2.45, 2.75) is 19.3 Å². The second kappa shape index (κ2) is 4.06. The zero-order chi connectivity index (χ0) is 11.8. The summed E-state index contributed by atoms with van der Waals surface area (Å²) in [5.74, 6) is 1.34. The van der Waals surface area contributed by atoms with E-state index in [2.05, 4.69) is 52.4 Å². The monoisotopic (exact) mass is 230 g/mol. The summed E-state index contributed by atoms with van der Waals surface area (Å²) in [7, 11) is 4.35. The predicted octanol–water partition coefficient (Wildman–Crippen LogP) is 1.99. The Bertz CT molecular complexity index is 497. The Labute approximate surface area is 102 Å². The van der Waals surface area contributed by atoms with Crippen LogP contribution >= 0.6 is 0 Å². The number of imidazole rings is 1. The SMILES string of the molecule is Cn1c(N2CCCCC2)[n+](C)c2ccccc21. The summed E-state index contributed by atoms with van der Waals surface area (Å²) in [5, 5.41) is 0. The number of para-hydroxylation sites is 2. The van der Waals surface area contributed by atoms with E-state index in [4.69, 9.17) is 0 Å². The number of rotatable bonds is 1. The Morgan fingerprint density at radius 3 is 2.47 bits per heavy atom. The largest absolute Gasteiger partial charge is 0.360 e. The molecule has 1 saturated heterocycles. The Kier molecular flexibility index (Phi) is 2.54. The Hall–Kier alpha value is -1.51. The van der Waals surface area contributed by atoms with Crippen LogP contribution in [-0.2, 0) is 14.1 Å². The van der Waals surface area contributed by atoms with Crippen molar-refractivity contribution in [3.05, 3.63) is 24.3 Å². The molecule has 3 rings (SSSR count). The zero-order valence-electron chi connectivity index (χ0n) is 10.7. The van der Waals surface area contributed by atoms with E-state index in [-0.39, 0.29) is 0 Å². The average Bonchev–Trinajstić information content (AvgIpc) is 2.64. The second-order valence-corrected chi connectivity index (χ2v) is 4.95. The molecule has 1 aromatic heterocycles. The molecule has 0 spiro atoms. The smallest absolute Gasteiger partial charge is 0.264 e. The third-order valence-electron chi connectivity index (χ3n) is 3.84. The van der Waals surface area contributed by atoms with E-state index in [1.165, 1.54) is 49.3 Å². The number of anilines is 1. The van der Waals surface area contributed by atoms with Gasteiger partial charge in [-0.15, -0.1) is 0 Å². The van der Waals surface area contributed by atoms with Gasteiger partial charge >= 0.3 is 5.95 Å². The molecular formula is C14H20N3+. The second-order valence-electron chi connectivity index (χ2n) is 4.95. The van der Waals surface area contributed by atoms with Crippen LogP contribution in [0.25, 0.3) is 11.0 Å². The molecule has 0 amide bonds. The maximum absolute atomic E-state index is 2.52. The van der Waals surface area contributed by atoms with E-state index in [0.29, 0.717) is 0 Å². The lowest BCUT2D eigenvalue weighted by Crippen LogP contribution is -2.41. The van der Waals surface area contributed by atoms with Crippen LogP contribution < -0.4 is 9.47 Å². The van der Waals surface area contributed by atoms with Crippen LogP contribution in [0, 0.1) is 0 Å². The number of aromatic nitrogens is 2. The van der Waals surface area contributed by atoms with Crippen LogP contribution in [0.3, 0.4) is 0 Å². The summed E-state index contributed by atoms with van der Waals surface area (Å²) in [4.78, 5) is 2.52. The fourth-order valence-electron chi connectivity index (χ4n) is 2.99. The first kappa shape index (κ1) is 10.6. The van der Waals surface area contributed by atoms with Gasteiger partial charge in [0.1, 0.15) is 11.0 Å². The first-order valence-corrected chi connectivity index (χ1v) is 6.47. The van der Waals surface area contributed by atoms with E-state index in [1.54, 1.807) is 0 Å². The summed E-state index contributed by atoms with van der Waals surface area (Å²) in [6.07, 6.45) is 4.02. The van der Waals surface area contributed by atoms with Crippen molar-refractivity contribution in [3.8, 4) is 0 Å². The van der Waals surface area contributed by atoms with Crippen molar-refractivity contribution >= 4 is 17.0 Å². The topological polar surface area (TPSA) is 12.1 Å². The van der Waals surface area contributed by atoms with Gasteiger partial charge in [0.25, 0.3) is 0 Å². The lowest BCUT2D eigenvalue weighted by molar-refractivity contribution is -0.632. The Morgan fingerprint density at radius 1 is 1.06 bits per heavy atom. The van der Waals surface area contributed by atoms with Gasteiger partial charge in [0.2, 0.25) is 0 Å². The van der Waals surface area contributed by atoms with Gasteiger partial charge in [-0.05, 0) is 31.4 Å². The summed E-state index contributed by atoms with van der Waals surface area (Å²) < 4.78 is 4.64. The van der Waals surface area contributed by atoms with Gasteiger partial charge in [-0.25, -0.2) is 9.13 Å². The number of aryl methyl sites for hydroxylation is 2. The van der Waals surface area contributed by atoms with Crippen molar-refractivity contribution in [1.29, 1.82) is 0 Å². The molecule has 1 fully saturated rings. The number of piperidine rings is 1. The third kappa shape index (κ3) is 1.61. The van der Waals surface area contributed by atoms with Crippen LogP contribution in [0.15, 0.2) is 24.3 Å². The molecule has 2 aromatic rings.